The fourth-order valence-electron chi connectivity index (χ4n) is 1.57. The molecule has 0 rings (SSSR count). The van der Waals surface area contributed by atoms with E-state index in [4.69, 9.17) is 0 Å². The molecule has 2 unspecified atom stereocenters. The van der Waals surface area contributed by atoms with E-state index < -0.39 is 24.5 Å². The van der Waals surface area contributed by atoms with Crippen LogP contribution in [0.4, 0.5) is 0 Å². The monoisotopic (exact) mass is 264 g/mol. The third-order valence-electron chi connectivity index (χ3n) is 2.45. The van der Waals surface area contributed by atoms with Gasteiger partial charge in [0.05, 0.1) is 10.9 Å². The Hall–Kier alpha value is 0.327. The summed E-state index contributed by atoms with van der Waals surface area (Å²) in [6, 6.07) is 0.903. The second-order valence-corrected chi connectivity index (χ2v) is 15.2. The van der Waals surface area contributed by atoms with Gasteiger partial charge >= 0.3 is 0 Å². The van der Waals surface area contributed by atoms with Crippen molar-refractivity contribution in [1.82, 2.24) is 0 Å². The van der Waals surface area contributed by atoms with E-state index in [2.05, 4.69) is 19.6 Å². The molecule has 0 amide bonds. The van der Waals surface area contributed by atoms with Crippen LogP contribution in [0.25, 0.3) is 0 Å². The summed E-state index contributed by atoms with van der Waals surface area (Å²) in [5.74, 6) is 0. The lowest BCUT2D eigenvalue weighted by molar-refractivity contribution is 0.0801. The highest BCUT2D eigenvalue weighted by Gasteiger charge is 2.40. The van der Waals surface area contributed by atoms with Crippen molar-refractivity contribution in [2.24, 2.45) is 0 Å². The van der Waals surface area contributed by atoms with Crippen molar-refractivity contribution in [2.75, 3.05) is 0 Å². The minimum atomic E-state index is -1.32. The fourth-order valence-corrected chi connectivity index (χ4v) is 6.67. The average Bonchev–Trinajstić information content (AvgIpc) is 1.93. The largest absolute Gasteiger partial charge is 0.389 e. The molecule has 0 bridgehead atoms. The number of aliphatic hydroxyl groups is 1. The molecule has 0 saturated heterocycles. The van der Waals surface area contributed by atoms with Crippen molar-refractivity contribution in [2.45, 2.75) is 75.9 Å². The van der Waals surface area contributed by atoms with Gasteiger partial charge in [0.1, 0.15) is 0 Å². The molecular weight excluding hydrogens is 236 g/mol. The van der Waals surface area contributed by atoms with Crippen LogP contribution in [-0.4, -0.2) is 33.0 Å². The summed E-state index contributed by atoms with van der Waals surface area (Å²) in [6.07, 6.45) is 0. The van der Waals surface area contributed by atoms with E-state index in [-0.39, 0.29) is 10.00 Å². The van der Waals surface area contributed by atoms with Crippen LogP contribution in [0.3, 0.4) is 0 Å². The van der Waals surface area contributed by atoms with Crippen LogP contribution in [-0.2, 0) is 10.8 Å². The second-order valence-electron chi connectivity index (χ2n) is 7.32. The average molecular weight is 265 g/mol. The normalized spacial score (nSPS) is 18.3. The van der Waals surface area contributed by atoms with E-state index in [1.807, 2.05) is 20.8 Å². The molecular formula is C12H28O2SSi. The van der Waals surface area contributed by atoms with Gasteiger partial charge in [0.15, 0.2) is 0 Å². The van der Waals surface area contributed by atoms with E-state index in [9.17, 15) is 9.32 Å². The van der Waals surface area contributed by atoms with Crippen LogP contribution in [0.15, 0.2) is 0 Å². The van der Waals surface area contributed by atoms with Crippen molar-refractivity contribution in [1.29, 1.82) is 0 Å². The van der Waals surface area contributed by atoms with Gasteiger partial charge in [-0.25, -0.2) is 0 Å². The van der Waals surface area contributed by atoms with Gasteiger partial charge in [-0.15, -0.1) is 0 Å². The molecule has 0 aliphatic heterocycles. The highest BCUT2D eigenvalue weighted by Crippen LogP contribution is 2.30. The Morgan fingerprint density at radius 1 is 1.12 bits per heavy atom. The summed E-state index contributed by atoms with van der Waals surface area (Å²) in [7, 11) is -2.33. The van der Waals surface area contributed by atoms with Crippen LogP contribution in [0.2, 0.25) is 25.7 Å². The van der Waals surface area contributed by atoms with E-state index in [1.54, 1.807) is 13.8 Å². The Labute approximate surface area is 104 Å². The molecule has 4 heteroatoms. The van der Waals surface area contributed by atoms with Crippen molar-refractivity contribution < 1.29 is 9.32 Å². The van der Waals surface area contributed by atoms with E-state index >= 15 is 0 Å². The molecule has 1 N–H and O–H groups in total. The first-order valence-electron chi connectivity index (χ1n) is 5.88. The molecule has 0 heterocycles. The topological polar surface area (TPSA) is 37.3 Å². The number of hydrogen-bond acceptors (Lipinski definition) is 2. The van der Waals surface area contributed by atoms with Crippen LogP contribution < -0.4 is 0 Å². The zero-order chi connectivity index (χ0) is 13.4. The van der Waals surface area contributed by atoms with Crippen molar-refractivity contribution in [3.05, 3.63) is 0 Å². The summed E-state index contributed by atoms with van der Waals surface area (Å²) >= 11 is 0. The Kier molecular flexibility index (Phi) is 5.00. The SMILES string of the molecule is CC(C)(O)C(C[Si](C)(C)C)S(=O)C(C)(C)C. The molecule has 0 saturated carbocycles. The van der Waals surface area contributed by atoms with Gasteiger partial charge in [0, 0.05) is 23.6 Å². The molecule has 0 fully saturated rings. The second kappa shape index (κ2) is 4.90. The Morgan fingerprint density at radius 3 is 1.69 bits per heavy atom. The van der Waals surface area contributed by atoms with Crippen LogP contribution in [0.1, 0.15) is 34.6 Å². The Balaban J connectivity index is 5.06. The molecule has 0 aromatic rings. The van der Waals surface area contributed by atoms with Crippen LogP contribution in [0.5, 0.6) is 0 Å². The smallest absolute Gasteiger partial charge is 0.0732 e. The van der Waals surface area contributed by atoms with Gasteiger partial charge < -0.3 is 5.11 Å². The molecule has 0 aromatic carbocycles. The predicted molar refractivity (Wildman–Crippen MR) is 76.1 cm³/mol. The lowest BCUT2D eigenvalue weighted by Crippen LogP contribution is -2.48. The molecule has 0 aliphatic rings. The van der Waals surface area contributed by atoms with Crippen LogP contribution in [0, 0.1) is 0 Å². The Bertz CT molecular complexity index is 256. The van der Waals surface area contributed by atoms with Crippen molar-refractivity contribution in [3.8, 4) is 0 Å². The quantitative estimate of drug-likeness (QED) is 0.793. The highest BCUT2D eigenvalue weighted by atomic mass is 32.2. The number of rotatable bonds is 4. The zero-order valence-electron chi connectivity index (χ0n) is 12.0. The van der Waals surface area contributed by atoms with Gasteiger partial charge in [-0.1, -0.05) is 19.6 Å². The summed E-state index contributed by atoms with van der Waals surface area (Å²) in [5, 5.41) is 10.1. The Morgan fingerprint density at radius 2 is 1.50 bits per heavy atom. The maximum atomic E-state index is 12.5. The fraction of sp³-hybridized carbons (Fsp3) is 1.00. The minimum Gasteiger partial charge on any atom is -0.389 e. The van der Waals surface area contributed by atoms with E-state index in [0.29, 0.717) is 0 Å². The van der Waals surface area contributed by atoms with E-state index in [1.165, 1.54) is 0 Å². The highest BCUT2D eigenvalue weighted by molar-refractivity contribution is 7.87. The predicted octanol–water partition coefficient (Wildman–Crippen LogP) is 3.01. The first-order chi connectivity index (χ1) is 6.75. The molecule has 0 aliphatic carbocycles. The number of hydrogen-bond donors (Lipinski definition) is 1. The molecule has 0 spiro atoms. The standard InChI is InChI=1S/C12H28O2SSi/c1-11(2,3)15(14)10(12(4,5)13)9-16(6,7)8/h10,13H,9H2,1-8H3. The van der Waals surface area contributed by atoms with Crippen molar-refractivity contribution in [3.63, 3.8) is 0 Å². The first-order valence-corrected chi connectivity index (χ1v) is 10.8. The van der Waals surface area contributed by atoms with Gasteiger partial charge in [0.2, 0.25) is 0 Å². The first kappa shape index (κ1) is 16.3. The zero-order valence-corrected chi connectivity index (χ0v) is 13.9. The van der Waals surface area contributed by atoms with Gasteiger partial charge in [-0.3, -0.25) is 4.21 Å². The maximum Gasteiger partial charge on any atom is 0.0732 e. The summed E-state index contributed by atoms with van der Waals surface area (Å²) in [4.78, 5) is 0. The molecule has 0 aromatic heterocycles. The molecule has 98 valence electrons. The minimum absolute atomic E-state index is 0.126. The lowest BCUT2D eigenvalue weighted by atomic mass is 10.1. The summed E-state index contributed by atoms with van der Waals surface area (Å²) < 4.78 is 12.2. The third kappa shape index (κ3) is 5.59. The third-order valence-corrected chi connectivity index (χ3v) is 6.84. The summed E-state index contributed by atoms with van der Waals surface area (Å²) in [5.41, 5.74) is -0.863. The lowest BCUT2D eigenvalue weighted by Gasteiger charge is -2.36. The molecule has 2 nitrogen and oxygen atoms in total. The summed E-state index contributed by atoms with van der Waals surface area (Å²) in [6.45, 7) is 16.3. The van der Waals surface area contributed by atoms with E-state index in [0.717, 1.165) is 6.04 Å². The molecule has 0 radical (unpaired) electrons. The molecule has 2 atom stereocenters. The van der Waals surface area contributed by atoms with Gasteiger partial charge in [0.25, 0.3) is 0 Å². The van der Waals surface area contributed by atoms with Crippen LogP contribution >= 0.6 is 0 Å². The maximum absolute atomic E-state index is 12.5. The molecule has 16 heavy (non-hydrogen) atoms. The van der Waals surface area contributed by atoms with Gasteiger partial charge in [-0.2, -0.15) is 0 Å². The van der Waals surface area contributed by atoms with Gasteiger partial charge in [-0.05, 0) is 40.7 Å². The van der Waals surface area contributed by atoms with Crippen molar-refractivity contribution >= 4 is 18.9 Å².